The highest BCUT2D eigenvalue weighted by molar-refractivity contribution is 7.80. The molecule has 108 valence electrons. The van der Waals surface area contributed by atoms with E-state index in [1.165, 1.54) is 0 Å². The van der Waals surface area contributed by atoms with E-state index >= 15 is 0 Å². The van der Waals surface area contributed by atoms with Gasteiger partial charge in [-0.3, -0.25) is 4.79 Å². The van der Waals surface area contributed by atoms with Gasteiger partial charge in [0.15, 0.2) is 0 Å². The van der Waals surface area contributed by atoms with E-state index in [9.17, 15) is 4.79 Å². The molecule has 0 bridgehead atoms. The smallest absolute Gasteiger partial charge is 0.235 e. The molecular formula is C13H22N2O3S. The fourth-order valence-electron chi connectivity index (χ4n) is 2.93. The fraction of sp³-hybridized carbons (Fsp3) is 0.846. The number of nitrogens with two attached hydrogens (primary N) is 1. The Bertz CT molecular complexity index is 359. The molecule has 2 heterocycles. The van der Waals surface area contributed by atoms with Crippen molar-refractivity contribution in [3.05, 3.63) is 0 Å². The summed E-state index contributed by atoms with van der Waals surface area (Å²) in [5.41, 5.74) is 5.16. The quantitative estimate of drug-likeness (QED) is 0.757. The molecule has 2 aliphatic heterocycles. The average Bonchev–Trinajstić information content (AvgIpc) is 2.37. The number of nitrogens with zero attached hydrogens (tertiary/aromatic N) is 1. The number of amides is 1. The predicted octanol–water partition coefficient (Wildman–Crippen LogP) is 0.705. The normalized spacial score (nSPS) is 30.9. The molecule has 0 unspecified atom stereocenters. The van der Waals surface area contributed by atoms with Gasteiger partial charge in [-0.1, -0.05) is 12.2 Å². The molecule has 2 saturated heterocycles. The zero-order valence-electron chi connectivity index (χ0n) is 11.6. The van der Waals surface area contributed by atoms with E-state index in [1.807, 2.05) is 18.7 Å². The summed E-state index contributed by atoms with van der Waals surface area (Å²) in [7, 11) is 0. The van der Waals surface area contributed by atoms with Gasteiger partial charge in [0.2, 0.25) is 5.91 Å². The molecule has 5 nitrogen and oxygen atoms in total. The third-order valence-corrected chi connectivity index (χ3v) is 4.32. The molecule has 0 radical (unpaired) electrons. The molecule has 19 heavy (non-hydrogen) atoms. The third-order valence-electron chi connectivity index (χ3n) is 3.93. The van der Waals surface area contributed by atoms with E-state index in [2.05, 4.69) is 0 Å². The molecule has 0 saturated carbocycles. The highest BCUT2D eigenvalue weighted by Crippen LogP contribution is 2.34. The molecule has 2 fully saturated rings. The van der Waals surface area contributed by atoms with Gasteiger partial charge < -0.3 is 20.1 Å². The number of thiocarbonyl (C=S) groups is 1. The lowest BCUT2D eigenvalue weighted by Gasteiger charge is -2.42. The maximum absolute atomic E-state index is 12.9. The minimum atomic E-state index is -0.718. The lowest BCUT2D eigenvalue weighted by atomic mass is 9.78. The molecule has 0 spiro atoms. The van der Waals surface area contributed by atoms with Crippen LogP contribution >= 0.6 is 12.2 Å². The van der Waals surface area contributed by atoms with Gasteiger partial charge in [0.1, 0.15) is 5.41 Å². The number of hydrogen-bond acceptors (Lipinski definition) is 4. The van der Waals surface area contributed by atoms with E-state index in [0.717, 1.165) is 0 Å². The van der Waals surface area contributed by atoms with Gasteiger partial charge in [-0.15, -0.1) is 0 Å². The second-order valence-corrected chi connectivity index (χ2v) is 5.97. The highest BCUT2D eigenvalue weighted by Gasteiger charge is 2.46. The summed E-state index contributed by atoms with van der Waals surface area (Å²) in [4.78, 5) is 15.0. The summed E-state index contributed by atoms with van der Waals surface area (Å²) in [5, 5.41) is 0. The molecule has 0 aromatic heterocycles. The third kappa shape index (κ3) is 2.90. The van der Waals surface area contributed by atoms with Crippen molar-refractivity contribution in [1.29, 1.82) is 0 Å². The van der Waals surface area contributed by atoms with E-state index in [1.54, 1.807) is 0 Å². The molecule has 2 rings (SSSR count). The van der Waals surface area contributed by atoms with Gasteiger partial charge >= 0.3 is 0 Å². The van der Waals surface area contributed by atoms with Gasteiger partial charge in [0.25, 0.3) is 0 Å². The van der Waals surface area contributed by atoms with Crippen molar-refractivity contribution in [2.75, 3.05) is 26.3 Å². The second-order valence-electron chi connectivity index (χ2n) is 5.53. The first kappa shape index (κ1) is 14.7. The lowest BCUT2D eigenvalue weighted by molar-refractivity contribution is -0.153. The topological polar surface area (TPSA) is 64.8 Å². The standard InChI is InChI=1S/C13H22N2O3S/c1-9-7-15(8-10(2)18-9)12(16)13(11(14)19)3-5-17-6-4-13/h9-10H,3-8H2,1-2H3,(H2,14,19)/t9-,10+. The van der Waals surface area contributed by atoms with Gasteiger partial charge in [-0.2, -0.15) is 0 Å². The number of carbonyl (C=O) groups is 1. The first-order chi connectivity index (χ1) is 8.95. The number of carbonyl (C=O) groups excluding carboxylic acids is 1. The van der Waals surface area contributed by atoms with Crippen LogP contribution in [0, 0.1) is 5.41 Å². The molecule has 0 aromatic rings. The van der Waals surface area contributed by atoms with E-state index < -0.39 is 5.41 Å². The van der Waals surface area contributed by atoms with Gasteiger partial charge in [-0.05, 0) is 26.7 Å². The SMILES string of the molecule is C[C@@H]1CN(C(=O)C2(C(N)=S)CCOCC2)C[C@H](C)O1. The number of ether oxygens (including phenoxy) is 2. The van der Waals surface area contributed by atoms with Crippen molar-refractivity contribution in [1.82, 2.24) is 4.90 Å². The Hall–Kier alpha value is -0.720. The van der Waals surface area contributed by atoms with Crippen LogP contribution in [-0.2, 0) is 14.3 Å². The Kier molecular flexibility index (Phi) is 4.43. The predicted molar refractivity (Wildman–Crippen MR) is 75.9 cm³/mol. The first-order valence-corrected chi connectivity index (χ1v) is 7.19. The van der Waals surface area contributed by atoms with Gasteiger partial charge in [0, 0.05) is 26.3 Å². The van der Waals surface area contributed by atoms with Crippen LogP contribution in [0.5, 0.6) is 0 Å². The Morgan fingerprint density at radius 2 is 1.79 bits per heavy atom. The minimum Gasteiger partial charge on any atom is -0.392 e. The molecular weight excluding hydrogens is 264 g/mol. The van der Waals surface area contributed by atoms with Crippen LogP contribution < -0.4 is 5.73 Å². The monoisotopic (exact) mass is 286 g/mol. The number of hydrogen-bond donors (Lipinski definition) is 1. The summed E-state index contributed by atoms with van der Waals surface area (Å²) < 4.78 is 11.0. The van der Waals surface area contributed by atoms with Gasteiger partial charge in [-0.25, -0.2) is 0 Å². The second kappa shape index (κ2) is 5.73. The molecule has 6 heteroatoms. The molecule has 2 aliphatic rings. The summed E-state index contributed by atoms with van der Waals surface area (Å²) in [5.74, 6) is 0.0466. The summed E-state index contributed by atoms with van der Waals surface area (Å²) in [6, 6.07) is 0. The summed E-state index contributed by atoms with van der Waals surface area (Å²) in [6.45, 7) is 6.25. The van der Waals surface area contributed by atoms with Crippen LogP contribution in [0.15, 0.2) is 0 Å². The molecule has 1 amide bonds. The zero-order chi connectivity index (χ0) is 14.0. The largest absolute Gasteiger partial charge is 0.392 e. The average molecular weight is 286 g/mol. The Balaban J connectivity index is 2.17. The minimum absolute atomic E-state index is 0.0466. The number of rotatable bonds is 2. The maximum Gasteiger partial charge on any atom is 0.235 e. The van der Waals surface area contributed by atoms with Crippen LogP contribution in [0.2, 0.25) is 0 Å². The maximum atomic E-state index is 12.9. The van der Waals surface area contributed by atoms with Crippen molar-refractivity contribution in [3.63, 3.8) is 0 Å². The highest BCUT2D eigenvalue weighted by atomic mass is 32.1. The fourth-order valence-corrected chi connectivity index (χ4v) is 3.22. The zero-order valence-corrected chi connectivity index (χ0v) is 12.4. The van der Waals surface area contributed by atoms with Crippen molar-refractivity contribution < 1.29 is 14.3 Å². The van der Waals surface area contributed by atoms with Crippen LogP contribution in [-0.4, -0.2) is 54.3 Å². The van der Waals surface area contributed by atoms with Crippen LogP contribution in [0.4, 0.5) is 0 Å². The Labute approximate surface area is 119 Å². The molecule has 2 N–H and O–H groups in total. The number of morpholine rings is 1. The molecule has 0 aliphatic carbocycles. The van der Waals surface area contributed by atoms with Crippen molar-refractivity contribution in [2.45, 2.75) is 38.9 Å². The van der Waals surface area contributed by atoms with Crippen LogP contribution in [0.1, 0.15) is 26.7 Å². The molecule has 0 aromatic carbocycles. The summed E-state index contributed by atoms with van der Waals surface area (Å²) in [6.07, 6.45) is 1.27. The van der Waals surface area contributed by atoms with E-state index in [-0.39, 0.29) is 18.1 Å². The summed E-state index contributed by atoms with van der Waals surface area (Å²) >= 11 is 5.18. The Morgan fingerprint density at radius 3 is 2.26 bits per heavy atom. The van der Waals surface area contributed by atoms with E-state index in [4.69, 9.17) is 27.4 Å². The van der Waals surface area contributed by atoms with Crippen molar-refractivity contribution >= 4 is 23.1 Å². The van der Waals surface area contributed by atoms with Gasteiger partial charge in [0.05, 0.1) is 17.2 Å². The molecule has 2 atom stereocenters. The first-order valence-electron chi connectivity index (χ1n) is 6.78. The van der Waals surface area contributed by atoms with E-state index in [0.29, 0.717) is 44.1 Å². The Morgan fingerprint density at radius 1 is 1.26 bits per heavy atom. The van der Waals surface area contributed by atoms with Crippen LogP contribution in [0.3, 0.4) is 0 Å². The van der Waals surface area contributed by atoms with Crippen molar-refractivity contribution in [3.8, 4) is 0 Å². The lowest BCUT2D eigenvalue weighted by Crippen LogP contribution is -2.57. The van der Waals surface area contributed by atoms with Crippen LogP contribution in [0.25, 0.3) is 0 Å². The van der Waals surface area contributed by atoms with Crippen molar-refractivity contribution in [2.24, 2.45) is 11.1 Å².